The highest BCUT2D eigenvalue weighted by atomic mass is 16.5. The van der Waals surface area contributed by atoms with Gasteiger partial charge in [0.25, 0.3) is 0 Å². The van der Waals surface area contributed by atoms with Crippen molar-refractivity contribution in [2.45, 2.75) is 18.5 Å². The minimum Gasteiger partial charge on any atom is -0.394 e. The van der Waals surface area contributed by atoms with Gasteiger partial charge in [0.2, 0.25) is 0 Å². The molecule has 4 nitrogen and oxygen atoms in total. The molecule has 0 saturated carbocycles. The van der Waals surface area contributed by atoms with E-state index < -0.39 is 0 Å². The van der Waals surface area contributed by atoms with Crippen molar-refractivity contribution in [3.63, 3.8) is 0 Å². The number of aliphatic hydroxyl groups is 1. The van der Waals surface area contributed by atoms with Crippen LogP contribution in [0.2, 0.25) is 0 Å². The van der Waals surface area contributed by atoms with E-state index in [1.54, 1.807) is 0 Å². The molecule has 2 atom stereocenters. The van der Waals surface area contributed by atoms with Crippen molar-refractivity contribution >= 4 is 0 Å². The highest BCUT2D eigenvalue weighted by Gasteiger charge is 2.38. The third kappa shape index (κ3) is 1.47. The number of rotatable bonds is 2. The highest BCUT2D eigenvalue weighted by Crippen LogP contribution is 2.20. The number of aliphatic hydroxyl groups excluding tert-OH is 1. The minimum atomic E-state index is -0.363. The van der Waals surface area contributed by atoms with Gasteiger partial charge in [0.1, 0.15) is 0 Å². The van der Waals surface area contributed by atoms with Gasteiger partial charge in [-0.25, -0.2) is 0 Å². The van der Waals surface area contributed by atoms with Crippen LogP contribution in [0.15, 0.2) is 0 Å². The van der Waals surface area contributed by atoms with Gasteiger partial charge >= 0.3 is 0 Å². The minimum absolute atomic E-state index is 0.0599. The van der Waals surface area contributed by atoms with Gasteiger partial charge in [-0.05, 0) is 14.0 Å². The standard InChI is InChI=1S/C8H18N2O2/c1-7-3-12-6-8(4-9,5-11)10(7)2/h7,11H,3-6,9H2,1-2H3. The predicted octanol–water partition coefficient (Wildman–Crippen LogP) is -0.973. The Kier molecular flexibility index (Phi) is 3.06. The van der Waals surface area contributed by atoms with Gasteiger partial charge in [-0.15, -0.1) is 0 Å². The van der Waals surface area contributed by atoms with Gasteiger partial charge in [0, 0.05) is 12.6 Å². The zero-order chi connectivity index (χ0) is 9.19. The van der Waals surface area contributed by atoms with Crippen molar-refractivity contribution in [3.05, 3.63) is 0 Å². The van der Waals surface area contributed by atoms with Crippen LogP contribution in [0.5, 0.6) is 0 Å². The van der Waals surface area contributed by atoms with Crippen molar-refractivity contribution in [1.82, 2.24) is 4.90 Å². The van der Waals surface area contributed by atoms with E-state index in [-0.39, 0.29) is 12.1 Å². The number of ether oxygens (including phenoxy) is 1. The summed E-state index contributed by atoms with van der Waals surface area (Å²) >= 11 is 0. The maximum absolute atomic E-state index is 9.23. The van der Waals surface area contributed by atoms with Crippen LogP contribution in [-0.2, 0) is 4.74 Å². The summed E-state index contributed by atoms with van der Waals surface area (Å²) in [7, 11) is 1.98. The Morgan fingerprint density at radius 2 is 2.42 bits per heavy atom. The molecule has 4 heteroatoms. The van der Waals surface area contributed by atoms with Crippen LogP contribution in [0.4, 0.5) is 0 Å². The Balaban J connectivity index is 2.71. The summed E-state index contributed by atoms with van der Waals surface area (Å²) in [5, 5.41) is 9.23. The van der Waals surface area contributed by atoms with E-state index in [9.17, 15) is 5.11 Å². The number of nitrogens with zero attached hydrogens (tertiary/aromatic N) is 1. The van der Waals surface area contributed by atoms with Gasteiger partial charge in [-0.2, -0.15) is 0 Å². The molecule has 0 bridgehead atoms. The molecular weight excluding hydrogens is 156 g/mol. The molecule has 0 aliphatic carbocycles. The highest BCUT2D eigenvalue weighted by molar-refractivity contribution is 4.94. The largest absolute Gasteiger partial charge is 0.394 e. The van der Waals surface area contributed by atoms with Gasteiger partial charge < -0.3 is 15.6 Å². The molecule has 1 fully saturated rings. The predicted molar refractivity (Wildman–Crippen MR) is 46.9 cm³/mol. The maximum Gasteiger partial charge on any atom is 0.0800 e. The number of hydrogen-bond acceptors (Lipinski definition) is 4. The molecule has 3 N–H and O–H groups in total. The Morgan fingerprint density at radius 1 is 1.75 bits per heavy atom. The summed E-state index contributed by atoms with van der Waals surface area (Å²) in [6.07, 6.45) is 0. The van der Waals surface area contributed by atoms with Gasteiger partial charge in [0.05, 0.1) is 25.4 Å². The van der Waals surface area contributed by atoms with Crippen molar-refractivity contribution in [2.75, 3.05) is 33.4 Å². The molecule has 0 aromatic rings. The summed E-state index contributed by atoms with van der Waals surface area (Å²) in [4.78, 5) is 2.11. The van der Waals surface area contributed by atoms with E-state index in [2.05, 4.69) is 11.8 Å². The van der Waals surface area contributed by atoms with E-state index in [4.69, 9.17) is 10.5 Å². The monoisotopic (exact) mass is 174 g/mol. The lowest BCUT2D eigenvalue weighted by Gasteiger charge is -2.46. The quantitative estimate of drug-likeness (QED) is 0.565. The molecule has 0 aromatic carbocycles. The lowest BCUT2D eigenvalue weighted by Crippen LogP contribution is -2.64. The van der Waals surface area contributed by atoms with Gasteiger partial charge in [0.15, 0.2) is 0 Å². The first-order chi connectivity index (χ1) is 5.66. The molecule has 0 spiro atoms. The summed E-state index contributed by atoms with van der Waals surface area (Å²) in [6, 6.07) is 0.328. The molecule has 2 unspecified atom stereocenters. The third-order valence-corrected chi connectivity index (χ3v) is 2.81. The van der Waals surface area contributed by atoms with Crippen LogP contribution in [-0.4, -0.2) is 55.0 Å². The second-order valence-electron chi connectivity index (χ2n) is 3.56. The summed E-state index contributed by atoms with van der Waals surface area (Å²) in [5.74, 6) is 0. The summed E-state index contributed by atoms with van der Waals surface area (Å²) < 4.78 is 5.37. The molecule has 0 amide bonds. The maximum atomic E-state index is 9.23. The summed E-state index contributed by atoms with van der Waals surface area (Å²) in [6.45, 7) is 3.81. The lowest BCUT2D eigenvalue weighted by molar-refractivity contribution is -0.102. The van der Waals surface area contributed by atoms with Crippen molar-refractivity contribution in [1.29, 1.82) is 0 Å². The molecular formula is C8H18N2O2. The van der Waals surface area contributed by atoms with Crippen LogP contribution in [0.25, 0.3) is 0 Å². The Bertz CT molecular complexity index is 148. The number of likely N-dealkylation sites (N-methyl/N-ethyl adjacent to an activating group) is 1. The van der Waals surface area contributed by atoms with Crippen LogP contribution < -0.4 is 5.73 Å². The molecule has 72 valence electrons. The molecule has 1 aliphatic heterocycles. The van der Waals surface area contributed by atoms with E-state index in [1.807, 2.05) is 7.05 Å². The molecule has 1 heterocycles. The van der Waals surface area contributed by atoms with E-state index >= 15 is 0 Å². The zero-order valence-corrected chi connectivity index (χ0v) is 7.79. The Labute approximate surface area is 73.3 Å². The van der Waals surface area contributed by atoms with Crippen LogP contribution >= 0.6 is 0 Å². The summed E-state index contributed by atoms with van der Waals surface area (Å²) in [5.41, 5.74) is 5.26. The molecule has 1 aliphatic rings. The lowest BCUT2D eigenvalue weighted by atomic mass is 9.96. The van der Waals surface area contributed by atoms with E-state index in [0.717, 1.165) is 6.61 Å². The van der Waals surface area contributed by atoms with E-state index in [0.29, 0.717) is 19.2 Å². The number of morpholine rings is 1. The fraction of sp³-hybridized carbons (Fsp3) is 1.00. The fourth-order valence-corrected chi connectivity index (χ4v) is 1.53. The molecule has 0 radical (unpaired) electrons. The first-order valence-corrected chi connectivity index (χ1v) is 4.28. The van der Waals surface area contributed by atoms with Crippen LogP contribution in [0.1, 0.15) is 6.92 Å². The van der Waals surface area contributed by atoms with E-state index in [1.165, 1.54) is 0 Å². The Hall–Kier alpha value is -0.160. The molecule has 1 saturated heterocycles. The zero-order valence-electron chi connectivity index (χ0n) is 7.79. The average molecular weight is 174 g/mol. The van der Waals surface area contributed by atoms with Crippen molar-refractivity contribution < 1.29 is 9.84 Å². The second-order valence-corrected chi connectivity index (χ2v) is 3.56. The van der Waals surface area contributed by atoms with Crippen molar-refractivity contribution in [3.8, 4) is 0 Å². The topological polar surface area (TPSA) is 58.7 Å². The van der Waals surface area contributed by atoms with Crippen LogP contribution in [0.3, 0.4) is 0 Å². The average Bonchev–Trinajstić information content (AvgIpc) is 2.11. The molecule has 12 heavy (non-hydrogen) atoms. The first kappa shape index (κ1) is 9.92. The first-order valence-electron chi connectivity index (χ1n) is 4.28. The van der Waals surface area contributed by atoms with Gasteiger partial charge in [-0.3, -0.25) is 4.90 Å². The van der Waals surface area contributed by atoms with Gasteiger partial charge in [-0.1, -0.05) is 0 Å². The number of hydrogen-bond donors (Lipinski definition) is 2. The van der Waals surface area contributed by atoms with Crippen LogP contribution in [0, 0.1) is 0 Å². The second kappa shape index (κ2) is 3.70. The smallest absolute Gasteiger partial charge is 0.0800 e. The van der Waals surface area contributed by atoms with Crippen molar-refractivity contribution in [2.24, 2.45) is 5.73 Å². The number of nitrogens with two attached hydrogens (primary N) is 1. The molecule has 0 aromatic heterocycles. The Morgan fingerprint density at radius 3 is 2.83 bits per heavy atom. The third-order valence-electron chi connectivity index (χ3n) is 2.81. The molecule has 1 rings (SSSR count). The normalized spacial score (nSPS) is 38.5. The fourth-order valence-electron chi connectivity index (χ4n) is 1.53. The SMILES string of the molecule is CC1COCC(CN)(CO)N1C.